The van der Waals surface area contributed by atoms with Crippen LogP contribution in [-0.2, 0) is 0 Å². The lowest BCUT2D eigenvalue weighted by atomic mass is 10.1. The fourth-order valence-electron chi connectivity index (χ4n) is 4.23. The minimum absolute atomic E-state index is 0.879. The minimum atomic E-state index is 0.879. The van der Waals surface area contributed by atoms with Gasteiger partial charge in [0.1, 0.15) is 5.82 Å². The Bertz CT molecular complexity index is 930. The maximum Gasteiger partial charge on any atom is 0.227 e. The molecule has 0 spiro atoms. The highest BCUT2D eigenvalue weighted by Gasteiger charge is 2.22. The highest BCUT2D eigenvalue weighted by atomic mass is 15.3. The first-order valence-electron chi connectivity index (χ1n) is 10.6. The third-order valence-corrected chi connectivity index (χ3v) is 5.88. The number of hydrogen-bond donors (Lipinski definition) is 0. The highest BCUT2D eigenvalue weighted by molar-refractivity contribution is 5.65. The van der Waals surface area contributed by atoms with E-state index in [-0.39, 0.29) is 0 Å². The van der Waals surface area contributed by atoms with Crippen LogP contribution in [0.1, 0.15) is 12.8 Å². The molecule has 3 heterocycles. The largest absolute Gasteiger partial charge is 0.368 e. The smallest absolute Gasteiger partial charge is 0.227 e. The first-order chi connectivity index (χ1) is 14.4. The Morgan fingerprint density at radius 2 is 1.21 bits per heavy atom. The molecule has 0 N–H and O–H groups in total. The lowest BCUT2D eigenvalue weighted by Gasteiger charge is -2.37. The Hall–Kier alpha value is -3.08. The zero-order chi connectivity index (χ0) is 19.5. The Morgan fingerprint density at radius 1 is 0.586 bits per heavy atom. The van der Waals surface area contributed by atoms with Crippen molar-refractivity contribution in [2.75, 3.05) is 54.0 Å². The van der Waals surface area contributed by atoms with Gasteiger partial charge in [-0.15, -0.1) is 0 Å². The molecule has 0 amide bonds. The summed E-state index contributed by atoms with van der Waals surface area (Å²) in [5.41, 5.74) is 3.47. The average molecular weight is 386 g/mol. The van der Waals surface area contributed by atoms with E-state index in [1.165, 1.54) is 18.5 Å². The summed E-state index contributed by atoms with van der Waals surface area (Å²) in [6.07, 6.45) is 2.45. The fraction of sp³-hybridized carbons (Fsp3) is 0.333. The van der Waals surface area contributed by atoms with Crippen molar-refractivity contribution < 1.29 is 0 Å². The van der Waals surface area contributed by atoms with Crippen molar-refractivity contribution in [3.05, 3.63) is 66.7 Å². The summed E-state index contributed by atoms with van der Waals surface area (Å²) in [6.45, 7) is 6.07. The predicted molar refractivity (Wildman–Crippen MR) is 120 cm³/mol. The van der Waals surface area contributed by atoms with Crippen LogP contribution in [0.15, 0.2) is 66.7 Å². The normalized spacial score (nSPS) is 17.0. The summed E-state index contributed by atoms with van der Waals surface area (Å²) in [6, 6.07) is 23.3. The molecule has 2 saturated heterocycles. The molecule has 0 atom stereocenters. The molecular weight excluding hydrogens is 358 g/mol. The van der Waals surface area contributed by atoms with Gasteiger partial charge >= 0.3 is 0 Å². The van der Waals surface area contributed by atoms with Crippen LogP contribution in [0.25, 0.3) is 11.3 Å². The van der Waals surface area contributed by atoms with Crippen LogP contribution in [0.5, 0.6) is 0 Å². The molecule has 2 aliphatic rings. The van der Waals surface area contributed by atoms with Gasteiger partial charge in [0.15, 0.2) is 0 Å². The highest BCUT2D eigenvalue weighted by Crippen LogP contribution is 2.27. The van der Waals surface area contributed by atoms with Crippen LogP contribution < -0.4 is 14.7 Å². The van der Waals surface area contributed by atoms with Crippen molar-refractivity contribution in [2.45, 2.75) is 12.8 Å². The molecule has 0 unspecified atom stereocenters. The van der Waals surface area contributed by atoms with Gasteiger partial charge in [0.05, 0.1) is 5.69 Å². The van der Waals surface area contributed by atoms with Crippen molar-refractivity contribution in [3.8, 4) is 11.3 Å². The molecule has 0 radical (unpaired) electrons. The number of aromatic nitrogens is 2. The molecule has 3 aromatic rings. The van der Waals surface area contributed by atoms with Gasteiger partial charge in [-0.1, -0.05) is 48.5 Å². The standard InChI is InChI=1S/C24H27N5/c1-3-9-20(10-4-1)22-19-23(26-24(25-22)29-13-7-8-14-29)28-17-15-27(16-18-28)21-11-5-2-6-12-21/h1-6,9-12,19H,7-8,13-18H2. The monoisotopic (exact) mass is 385 g/mol. The quantitative estimate of drug-likeness (QED) is 0.676. The van der Waals surface area contributed by atoms with Crippen molar-refractivity contribution in [3.63, 3.8) is 0 Å². The molecule has 1 aromatic heterocycles. The summed E-state index contributed by atoms with van der Waals surface area (Å²) >= 11 is 0. The van der Waals surface area contributed by atoms with Gasteiger partial charge in [-0.2, -0.15) is 4.98 Å². The van der Waals surface area contributed by atoms with Crippen LogP contribution in [0.3, 0.4) is 0 Å². The van der Waals surface area contributed by atoms with E-state index in [0.717, 1.165) is 62.3 Å². The SMILES string of the molecule is c1ccc(-c2cc(N3CCN(c4ccccc4)CC3)nc(N3CCCC3)n2)cc1. The summed E-state index contributed by atoms with van der Waals surface area (Å²) in [4.78, 5) is 17.1. The van der Waals surface area contributed by atoms with Gasteiger partial charge in [-0.3, -0.25) is 0 Å². The number of hydrogen-bond acceptors (Lipinski definition) is 5. The van der Waals surface area contributed by atoms with Crippen molar-refractivity contribution in [2.24, 2.45) is 0 Å². The van der Waals surface area contributed by atoms with Gasteiger partial charge in [-0.05, 0) is 25.0 Å². The van der Waals surface area contributed by atoms with Gasteiger partial charge < -0.3 is 14.7 Å². The third-order valence-electron chi connectivity index (χ3n) is 5.88. The summed E-state index contributed by atoms with van der Waals surface area (Å²) in [5, 5.41) is 0. The van der Waals surface area contributed by atoms with Gasteiger partial charge in [0.2, 0.25) is 5.95 Å². The van der Waals surface area contributed by atoms with Crippen molar-refractivity contribution in [1.29, 1.82) is 0 Å². The minimum Gasteiger partial charge on any atom is -0.368 e. The second-order valence-corrected chi connectivity index (χ2v) is 7.78. The predicted octanol–water partition coefficient (Wildman–Crippen LogP) is 4.07. The van der Waals surface area contributed by atoms with Gasteiger partial charge in [0, 0.05) is 56.6 Å². The van der Waals surface area contributed by atoms with Crippen LogP contribution in [0.2, 0.25) is 0 Å². The number of piperazine rings is 1. The van der Waals surface area contributed by atoms with E-state index in [0.29, 0.717) is 0 Å². The van der Waals surface area contributed by atoms with E-state index in [9.17, 15) is 0 Å². The Balaban J connectivity index is 1.41. The zero-order valence-electron chi connectivity index (χ0n) is 16.7. The van der Waals surface area contributed by atoms with Crippen LogP contribution in [-0.4, -0.2) is 49.2 Å². The Kier molecular flexibility index (Phi) is 5.03. The van der Waals surface area contributed by atoms with E-state index >= 15 is 0 Å². The van der Waals surface area contributed by atoms with Crippen LogP contribution in [0, 0.1) is 0 Å². The molecule has 29 heavy (non-hydrogen) atoms. The second-order valence-electron chi connectivity index (χ2n) is 7.78. The maximum absolute atomic E-state index is 4.98. The van der Waals surface area contributed by atoms with Crippen molar-refractivity contribution >= 4 is 17.5 Å². The molecule has 5 rings (SSSR count). The van der Waals surface area contributed by atoms with E-state index in [1.54, 1.807) is 0 Å². The van der Waals surface area contributed by atoms with E-state index in [2.05, 4.69) is 81.4 Å². The Labute approximate surface area is 172 Å². The maximum atomic E-state index is 4.98. The fourth-order valence-corrected chi connectivity index (χ4v) is 4.23. The van der Waals surface area contributed by atoms with Gasteiger partial charge in [-0.25, -0.2) is 4.98 Å². The molecule has 5 heteroatoms. The summed E-state index contributed by atoms with van der Waals surface area (Å²) in [5.74, 6) is 1.93. The molecule has 148 valence electrons. The van der Waals surface area contributed by atoms with Crippen LogP contribution in [0.4, 0.5) is 17.5 Å². The number of rotatable bonds is 4. The van der Waals surface area contributed by atoms with E-state index < -0.39 is 0 Å². The molecule has 2 aromatic carbocycles. The lowest BCUT2D eigenvalue weighted by molar-refractivity contribution is 0.646. The van der Waals surface area contributed by atoms with Crippen LogP contribution >= 0.6 is 0 Å². The first-order valence-corrected chi connectivity index (χ1v) is 10.6. The zero-order valence-corrected chi connectivity index (χ0v) is 16.7. The first kappa shape index (κ1) is 18.0. The van der Waals surface area contributed by atoms with E-state index in [4.69, 9.17) is 9.97 Å². The molecule has 0 aliphatic carbocycles. The van der Waals surface area contributed by atoms with Gasteiger partial charge in [0.25, 0.3) is 0 Å². The Morgan fingerprint density at radius 3 is 1.90 bits per heavy atom. The number of nitrogens with zero attached hydrogens (tertiary/aromatic N) is 5. The molecule has 0 saturated carbocycles. The molecular formula is C24H27N5. The summed E-state index contributed by atoms with van der Waals surface area (Å²) < 4.78 is 0. The topological polar surface area (TPSA) is 35.5 Å². The van der Waals surface area contributed by atoms with Crippen molar-refractivity contribution in [1.82, 2.24) is 9.97 Å². The number of para-hydroxylation sites is 1. The molecule has 0 bridgehead atoms. The second kappa shape index (κ2) is 8.11. The average Bonchev–Trinajstić information content (AvgIpc) is 3.35. The molecule has 2 fully saturated rings. The lowest BCUT2D eigenvalue weighted by Crippen LogP contribution is -2.47. The third kappa shape index (κ3) is 3.90. The van der Waals surface area contributed by atoms with E-state index in [1.807, 2.05) is 0 Å². The summed E-state index contributed by atoms with van der Waals surface area (Å²) in [7, 11) is 0. The molecule has 5 nitrogen and oxygen atoms in total. The number of anilines is 3. The number of benzene rings is 2. The molecule has 2 aliphatic heterocycles.